The second kappa shape index (κ2) is 6.78. The van der Waals surface area contributed by atoms with Crippen LogP contribution >= 0.6 is 0 Å². The van der Waals surface area contributed by atoms with Crippen molar-refractivity contribution in [2.75, 3.05) is 0 Å². The SMILES string of the molecule is CC(C)NC(=Nc1ccc(C(C)(C)C)cc1)NC(C)C. The number of aliphatic imine (C=N–C) groups is 1. The number of rotatable bonds is 3. The Morgan fingerprint density at radius 1 is 0.900 bits per heavy atom. The van der Waals surface area contributed by atoms with Gasteiger partial charge in [0.2, 0.25) is 0 Å². The van der Waals surface area contributed by atoms with Gasteiger partial charge in [-0.2, -0.15) is 0 Å². The minimum atomic E-state index is 0.178. The molecule has 1 aromatic rings. The molecule has 3 heteroatoms. The van der Waals surface area contributed by atoms with Crippen LogP contribution in [0.25, 0.3) is 0 Å². The second-order valence-electron chi connectivity index (χ2n) is 6.86. The van der Waals surface area contributed by atoms with Crippen molar-refractivity contribution in [2.24, 2.45) is 4.99 Å². The Morgan fingerprint density at radius 3 is 1.70 bits per heavy atom. The average Bonchev–Trinajstić information content (AvgIpc) is 2.26. The molecule has 2 N–H and O–H groups in total. The maximum Gasteiger partial charge on any atom is 0.196 e. The second-order valence-corrected chi connectivity index (χ2v) is 6.86. The van der Waals surface area contributed by atoms with Gasteiger partial charge in [0, 0.05) is 12.1 Å². The highest BCUT2D eigenvalue weighted by molar-refractivity contribution is 5.83. The van der Waals surface area contributed by atoms with E-state index in [9.17, 15) is 0 Å². The van der Waals surface area contributed by atoms with Gasteiger partial charge in [0.1, 0.15) is 0 Å². The first-order valence-corrected chi connectivity index (χ1v) is 7.41. The number of hydrogen-bond donors (Lipinski definition) is 2. The molecule has 112 valence electrons. The van der Waals surface area contributed by atoms with Crippen molar-refractivity contribution in [3.05, 3.63) is 29.8 Å². The van der Waals surface area contributed by atoms with Crippen LogP contribution in [0.2, 0.25) is 0 Å². The van der Waals surface area contributed by atoms with E-state index in [0.717, 1.165) is 11.6 Å². The van der Waals surface area contributed by atoms with Crippen molar-refractivity contribution in [3.63, 3.8) is 0 Å². The third-order valence-electron chi connectivity index (χ3n) is 2.83. The average molecular weight is 275 g/mol. The number of guanidine groups is 1. The fourth-order valence-corrected chi connectivity index (χ4v) is 1.82. The van der Waals surface area contributed by atoms with E-state index < -0.39 is 0 Å². The molecule has 0 aliphatic carbocycles. The van der Waals surface area contributed by atoms with Crippen LogP contribution in [0, 0.1) is 0 Å². The van der Waals surface area contributed by atoms with Crippen molar-refractivity contribution in [1.29, 1.82) is 0 Å². The first kappa shape index (κ1) is 16.5. The lowest BCUT2D eigenvalue weighted by molar-refractivity contribution is 0.590. The van der Waals surface area contributed by atoms with E-state index in [1.807, 2.05) is 0 Å². The summed E-state index contributed by atoms with van der Waals surface area (Å²) in [6.45, 7) is 15.1. The fraction of sp³-hybridized carbons (Fsp3) is 0.588. The summed E-state index contributed by atoms with van der Waals surface area (Å²) in [6, 6.07) is 9.17. The highest BCUT2D eigenvalue weighted by Gasteiger charge is 2.12. The molecule has 0 aromatic heterocycles. The molecule has 0 saturated heterocycles. The number of nitrogens with one attached hydrogen (secondary N) is 2. The Kier molecular flexibility index (Phi) is 5.61. The lowest BCUT2D eigenvalue weighted by Gasteiger charge is -2.19. The zero-order valence-electron chi connectivity index (χ0n) is 13.9. The van der Waals surface area contributed by atoms with Crippen LogP contribution in [0.3, 0.4) is 0 Å². The van der Waals surface area contributed by atoms with Crippen LogP contribution in [0.15, 0.2) is 29.3 Å². The maximum atomic E-state index is 4.66. The van der Waals surface area contributed by atoms with E-state index >= 15 is 0 Å². The van der Waals surface area contributed by atoms with Gasteiger partial charge in [-0.25, -0.2) is 4.99 Å². The van der Waals surface area contributed by atoms with Gasteiger partial charge in [-0.1, -0.05) is 32.9 Å². The molecule has 0 fully saturated rings. The van der Waals surface area contributed by atoms with Crippen molar-refractivity contribution in [2.45, 2.75) is 66.0 Å². The molecule has 0 amide bonds. The first-order valence-electron chi connectivity index (χ1n) is 7.41. The van der Waals surface area contributed by atoms with Crippen LogP contribution in [-0.2, 0) is 5.41 Å². The molecule has 0 atom stereocenters. The highest BCUT2D eigenvalue weighted by atomic mass is 15.2. The molecule has 0 aliphatic heterocycles. The first-order chi connectivity index (χ1) is 9.18. The van der Waals surface area contributed by atoms with E-state index in [-0.39, 0.29) is 5.41 Å². The quantitative estimate of drug-likeness (QED) is 0.647. The summed E-state index contributed by atoms with van der Waals surface area (Å²) in [5.74, 6) is 0.832. The Morgan fingerprint density at radius 2 is 1.35 bits per heavy atom. The summed E-state index contributed by atoms with van der Waals surface area (Å²) in [7, 11) is 0. The summed E-state index contributed by atoms with van der Waals surface area (Å²) in [4.78, 5) is 4.66. The van der Waals surface area contributed by atoms with Crippen molar-refractivity contribution in [1.82, 2.24) is 10.6 Å². The van der Waals surface area contributed by atoms with Crippen LogP contribution in [0.5, 0.6) is 0 Å². The van der Waals surface area contributed by atoms with Crippen LogP contribution in [0.4, 0.5) is 5.69 Å². The van der Waals surface area contributed by atoms with Crippen LogP contribution < -0.4 is 10.6 Å². The van der Waals surface area contributed by atoms with E-state index in [1.165, 1.54) is 5.56 Å². The van der Waals surface area contributed by atoms with Gasteiger partial charge in [-0.15, -0.1) is 0 Å². The minimum Gasteiger partial charge on any atom is -0.354 e. The number of hydrogen-bond acceptors (Lipinski definition) is 1. The van der Waals surface area contributed by atoms with Crippen molar-refractivity contribution >= 4 is 11.6 Å². The smallest absolute Gasteiger partial charge is 0.196 e. The summed E-state index contributed by atoms with van der Waals surface area (Å²) in [5.41, 5.74) is 2.47. The lowest BCUT2D eigenvalue weighted by Crippen LogP contribution is -2.43. The molecule has 0 aliphatic rings. The molecule has 3 nitrogen and oxygen atoms in total. The summed E-state index contributed by atoms with van der Waals surface area (Å²) < 4.78 is 0. The number of benzene rings is 1. The number of nitrogens with zero attached hydrogens (tertiary/aromatic N) is 1. The van der Waals surface area contributed by atoms with E-state index in [0.29, 0.717) is 12.1 Å². The fourth-order valence-electron chi connectivity index (χ4n) is 1.82. The lowest BCUT2D eigenvalue weighted by atomic mass is 9.87. The van der Waals surface area contributed by atoms with Gasteiger partial charge < -0.3 is 10.6 Å². The van der Waals surface area contributed by atoms with Gasteiger partial charge in [-0.3, -0.25) is 0 Å². The van der Waals surface area contributed by atoms with Crippen molar-refractivity contribution in [3.8, 4) is 0 Å². The standard InChI is InChI=1S/C17H29N3/c1-12(2)18-16(19-13(3)4)20-15-10-8-14(9-11-15)17(5,6)7/h8-13H,1-7H3,(H2,18,19,20). The molecule has 0 heterocycles. The summed E-state index contributed by atoms with van der Waals surface area (Å²) >= 11 is 0. The molecule has 1 rings (SSSR count). The van der Waals surface area contributed by atoms with Gasteiger partial charge in [0.25, 0.3) is 0 Å². The molecular formula is C17H29N3. The van der Waals surface area contributed by atoms with E-state index in [1.54, 1.807) is 0 Å². The molecule has 0 unspecified atom stereocenters. The largest absolute Gasteiger partial charge is 0.354 e. The van der Waals surface area contributed by atoms with E-state index in [2.05, 4.69) is 88.4 Å². The summed E-state index contributed by atoms with van der Waals surface area (Å²) in [6.07, 6.45) is 0. The third-order valence-corrected chi connectivity index (χ3v) is 2.83. The van der Waals surface area contributed by atoms with Gasteiger partial charge in [0.15, 0.2) is 5.96 Å². The van der Waals surface area contributed by atoms with E-state index in [4.69, 9.17) is 0 Å². The predicted octanol–water partition coefficient (Wildman–Crippen LogP) is 3.97. The molecule has 0 bridgehead atoms. The monoisotopic (exact) mass is 275 g/mol. The zero-order chi connectivity index (χ0) is 15.3. The molecule has 20 heavy (non-hydrogen) atoms. The van der Waals surface area contributed by atoms with Crippen molar-refractivity contribution < 1.29 is 0 Å². The molecule has 0 spiro atoms. The highest BCUT2D eigenvalue weighted by Crippen LogP contribution is 2.24. The van der Waals surface area contributed by atoms with Crippen LogP contribution in [0.1, 0.15) is 54.0 Å². The molecular weight excluding hydrogens is 246 g/mol. The van der Waals surface area contributed by atoms with Gasteiger partial charge >= 0.3 is 0 Å². The third kappa shape index (κ3) is 5.64. The zero-order valence-corrected chi connectivity index (χ0v) is 13.9. The normalized spacial score (nSPS) is 11.7. The predicted molar refractivity (Wildman–Crippen MR) is 88.8 cm³/mol. The molecule has 0 radical (unpaired) electrons. The van der Waals surface area contributed by atoms with Gasteiger partial charge in [-0.05, 0) is 50.8 Å². The van der Waals surface area contributed by atoms with Crippen LogP contribution in [-0.4, -0.2) is 18.0 Å². The minimum absolute atomic E-state index is 0.178. The van der Waals surface area contributed by atoms with Gasteiger partial charge in [0.05, 0.1) is 5.69 Å². The molecule has 0 saturated carbocycles. The summed E-state index contributed by atoms with van der Waals surface area (Å²) in [5, 5.41) is 6.69. The Hall–Kier alpha value is -1.51. The molecule has 1 aromatic carbocycles. The Bertz CT molecular complexity index is 424. The Balaban J connectivity index is 2.93. The maximum absolute atomic E-state index is 4.66. The topological polar surface area (TPSA) is 36.4 Å². The Labute approximate surface area is 123 Å².